The Balaban J connectivity index is 1.25. The van der Waals surface area contributed by atoms with Crippen molar-refractivity contribution in [3.05, 3.63) is 0 Å². The van der Waals surface area contributed by atoms with Crippen LogP contribution >= 0.6 is 0 Å². The van der Waals surface area contributed by atoms with Gasteiger partial charge in [-0.2, -0.15) is 0 Å². The Hall–Kier alpha value is -0.160. The highest BCUT2D eigenvalue weighted by molar-refractivity contribution is 4.68. The number of ether oxygens (including phenoxy) is 4. The van der Waals surface area contributed by atoms with E-state index < -0.39 is 0 Å². The number of hydrogen-bond acceptors (Lipinski definition) is 4. The summed E-state index contributed by atoms with van der Waals surface area (Å²) in [5.41, 5.74) is 0. The Kier molecular flexibility index (Phi) is 7.14. The molecule has 2 aliphatic heterocycles. The lowest BCUT2D eigenvalue weighted by Crippen LogP contribution is -2.12. The maximum Gasteiger partial charge on any atom is 0.104 e. The van der Waals surface area contributed by atoms with Crippen LogP contribution in [0.15, 0.2) is 0 Å². The first-order chi connectivity index (χ1) is 9.34. The average molecular weight is 272 g/mol. The van der Waals surface area contributed by atoms with E-state index >= 15 is 0 Å². The molecule has 4 nitrogen and oxygen atoms in total. The molecule has 4 heteroatoms. The molecular formula is C15H28O4. The summed E-state index contributed by atoms with van der Waals surface area (Å²) in [6.45, 7) is 6.41. The molecule has 19 heavy (non-hydrogen) atoms. The number of epoxide rings is 2. The van der Waals surface area contributed by atoms with Gasteiger partial charge in [0.2, 0.25) is 0 Å². The molecular weight excluding hydrogens is 244 g/mol. The van der Waals surface area contributed by atoms with E-state index in [-0.39, 0.29) is 0 Å². The average Bonchev–Trinajstić information content (AvgIpc) is 3.27. The summed E-state index contributed by atoms with van der Waals surface area (Å²) in [5, 5.41) is 0. The largest absolute Gasteiger partial charge is 0.379 e. The van der Waals surface area contributed by atoms with Gasteiger partial charge in [0.25, 0.3) is 0 Å². The van der Waals surface area contributed by atoms with Crippen molar-refractivity contribution in [1.29, 1.82) is 0 Å². The molecule has 2 rings (SSSR count). The fraction of sp³-hybridized carbons (Fsp3) is 1.00. The van der Waals surface area contributed by atoms with Gasteiger partial charge in [0.05, 0.1) is 32.5 Å². The van der Waals surface area contributed by atoms with Crippen molar-refractivity contribution in [2.24, 2.45) is 0 Å². The zero-order valence-electron chi connectivity index (χ0n) is 12.1. The van der Waals surface area contributed by atoms with Crippen molar-refractivity contribution in [3.8, 4) is 0 Å². The van der Waals surface area contributed by atoms with Crippen molar-refractivity contribution in [3.63, 3.8) is 0 Å². The van der Waals surface area contributed by atoms with Gasteiger partial charge in [-0.1, -0.05) is 25.7 Å². The molecule has 0 amide bonds. The van der Waals surface area contributed by atoms with E-state index in [0.717, 1.165) is 33.0 Å². The molecule has 0 N–H and O–H groups in total. The maximum absolute atomic E-state index is 5.70. The quantitative estimate of drug-likeness (QED) is 0.382. The fourth-order valence-electron chi connectivity index (χ4n) is 2.06. The van der Waals surface area contributed by atoms with Crippen LogP contribution in [-0.4, -0.2) is 51.3 Å². The van der Waals surface area contributed by atoms with Crippen LogP contribution in [0.25, 0.3) is 0 Å². The first-order valence-corrected chi connectivity index (χ1v) is 7.77. The van der Waals surface area contributed by atoms with Gasteiger partial charge < -0.3 is 18.9 Å². The summed E-state index contributed by atoms with van der Waals surface area (Å²) in [4.78, 5) is 0. The highest BCUT2D eigenvalue weighted by atomic mass is 16.6. The van der Waals surface area contributed by atoms with Crippen LogP contribution in [0, 0.1) is 0 Å². The lowest BCUT2D eigenvalue weighted by Gasteiger charge is -2.11. The predicted octanol–water partition coefficient (Wildman–Crippen LogP) is 2.55. The standard InChI is InChI=1S/C15H28O4/c1-13(17-10-15-12-19-15)7-5-3-2-4-6-8-16-9-14-11-18-14/h13-15H,2-12H2,1H3. The fourth-order valence-corrected chi connectivity index (χ4v) is 2.06. The van der Waals surface area contributed by atoms with E-state index in [1.54, 1.807) is 0 Å². The minimum absolute atomic E-state index is 0.381. The number of hydrogen-bond donors (Lipinski definition) is 0. The lowest BCUT2D eigenvalue weighted by atomic mass is 10.1. The van der Waals surface area contributed by atoms with Crippen LogP contribution in [0.1, 0.15) is 45.4 Å². The van der Waals surface area contributed by atoms with Crippen LogP contribution in [0.5, 0.6) is 0 Å². The molecule has 0 aliphatic carbocycles. The maximum atomic E-state index is 5.70. The summed E-state index contributed by atoms with van der Waals surface area (Å²) in [6, 6.07) is 0. The Bertz CT molecular complexity index is 226. The van der Waals surface area contributed by atoms with Gasteiger partial charge in [0.1, 0.15) is 12.2 Å². The molecule has 3 unspecified atom stereocenters. The summed E-state index contributed by atoms with van der Waals surface area (Å²) >= 11 is 0. The van der Waals surface area contributed by atoms with Gasteiger partial charge in [-0.05, 0) is 19.8 Å². The van der Waals surface area contributed by atoms with Gasteiger partial charge in [0.15, 0.2) is 0 Å². The van der Waals surface area contributed by atoms with Gasteiger partial charge in [-0.25, -0.2) is 0 Å². The van der Waals surface area contributed by atoms with Crippen LogP contribution in [0.2, 0.25) is 0 Å². The Morgan fingerprint density at radius 2 is 1.58 bits per heavy atom. The van der Waals surface area contributed by atoms with Crippen LogP contribution in [-0.2, 0) is 18.9 Å². The second-order valence-corrected chi connectivity index (χ2v) is 5.69. The Morgan fingerprint density at radius 1 is 0.947 bits per heavy atom. The summed E-state index contributed by atoms with van der Waals surface area (Å²) in [5.74, 6) is 0. The molecule has 2 fully saturated rings. The second kappa shape index (κ2) is 8.90. The first-order valence-electron chi connectivity index (χ1n) is 7.77. The van der Waals surface area contributed by atoms with Gasteiger partial charge in [-0.15, -0.1) is 0 Å². The number of unbranched alkanes of at least 4 members (excludes halogenated alkanes) is 4. The third-order valence-electron chi connectivity index (χ3n) is 3.57. The number of rotatable bonds is 13. The molecule has 0 aromatic carbocycles. The molecule has 3 atom stereocenters. The third-order valence-corrected chi connectivity index (χ3v) is 3.57. The second-order valence-electron chi connectivity index (χ2n) is 5.69. The molecule has 0 spiro atoms. The van der Waals surface area contributed by atoms with Gasteiger partial charge in [-0.3, -0.25) is 0 Å². The van der Waals surface area contributed by atoms with E-state index in [1.807, 2.05) is 0 Å². The monoisotopic (exact) mass is 272 g/mol. The Morgan fingerprint density at radius 3 is 2.32 bits per heavy atom. The molecule has 0 aromatic rings. The van der Waals surface area contributed by atoms with E-state index in [2.05, 4.69) is 6.92 Å². The normalized spacial score (nSPS) is 26.4. The third kappa shape index (κ3) is 8.58. The van der Waals surface area contributed by atoms with Crippen LogP contribution in [0.4, 0.5) is 0 Å². The SMILES string of the molecule is CC(CCCCCCCOCC1CO1)OCC1CO1. The van der Waals surface area contributed by atoms with Gasteiger partial charge >= 0.3 is 0 Å². The molecule has 2 heterocycles. The van der Waals surface area contributed by atoms with Crippen molar-refractivity contribution in [2.45, 2.75) is 63.8 Å². The highest BCUT2D eigenvalue weighted by Gasteiger charge is 2.23. The highest BCUT2D eigenvalue weighted by Crippen LogP contribution is 2.14. The lowest BCUT2D eigenvalue weighted by molar-refractivity contribution is 0.0476. The predicted molar refractivity (Wildman–Crippen MR) is 73.4 cm³/mol. The van der Waals surface area contributed by atoms with E-state index in [0.29, 0.717) is 18.3 Å². The summed E-state index contributed by atoms with van der Waals surface area (Å²) < 4.78 is 21.4. The zero-order valence-corrected chi connectivity index (χ0v) is 12.1. The summed E-state index contributed by atoms with van der Waals surface area (Å²) in [6.07, 6.45) is 8.68. The van der Waals surface area contributed by atoms with Crippen molar-refractivity contribution >= 4 is 0 Å². The van der Waals surface area contributed by atoms with Crippen molar-refractivity contribution in [2.75, 3.05) is 33.0 Å². The molecule has 0 aromatic heterocycles. The molecule has 112 valence electrons. The zero-order chi connectivity index (χ0) is 13.3. The first kappa shape index (κ1) is 15.2. The Labute approximate surface area is 116 Å². The van der Waals surface area contributed by atoms with Crippen LogP contribution < -0.4 is 0 Å². The van der Waals surface area contributed by atoms with E-state index in [1.165, 1.54) is 38.5 Å². The van der Waals surface area contributed by atoms with E-state index in [4.69, 9.17) is 18.9 Å². The van der Waals surface area contributed by atoms with Crippen molar-refractivity contribution in [1.82, 2.24) is 0 Å². The van der Waals surface area contributed by atoms with Crippen LogP contribution in [0.3, 0.4) is 0 Å². The van der Waals surface area contributed by atoms with E-state index in [9.17, 15) is 0 Å². The topological polar surface area (TPSA) is 43.5 Å². The van der Waals surface area contributed by atoms with Gasteiger partial charge in [0, 0.05) is 6.61 Å². The molecule has 0 radical (unpaired) electrons. The molecule has 0 saturated carbocycles. The van der Waals surface area contributed by atoms with Crippen molar-refractivity contribution < 1.29 is 18.9 Å². The summed E-state index contributed by atoms with van der Waals surface area (Å²) in [7, 11) is 0. The molecule has 2 aliphatic rings. The smallest absolute Gasteiger partial charge is 0.104 e. The minimum atomic E-state index is 0.381. The minimum Gasteiger partial charge on any atom is -0.379 e. The molecule has 2 saturated heterocycles. The molecule has 0 bridgehead atoms.